The Morgan fingerprint density at radius 1 is 1.28 bits per heavy atom. The summed E-state index contributed by atoms with van der Waals surface area (Å²) in [7, 11) is 0. The van der Waals surface area contributed by atoms with E-state index in [1.54, 1.807) is 0 Å². The van der Waals surface area contributed by atoms with E-state index in [2.05, 4.69) is 26.1 Å². The van der Waals surface area contributed by atoms with Crippen LogP contribution < -0.4 is 5.32 Å². The minimum absolute atomic E-state index is 0.225. The van der Waals surface area contributed by atoms with E-state index in [1.165, 1.54) is 0 Å². The third-order valence-electron chi connectivity index (χ3n) is 2.85. The van der Waals surface area contributed by atoms with E-state index in [-0.39, 0.29) is 5.41 Å². The summed E-state index contributed by atoms with van der Waals surface area (Å²) >= 11 is 0. The number of carbonyl (C=O) groups is 1. The maximum atomic E-state index is 11.2. The number of rotatable bonds is 6. The predicted molar refractivity (Wildman–Crippen MR) is 73.6 cm³/mol. The average Bonchev–Trinajstić information content (AvgIpc) is 2.27. The Morgan fingerprint density at radius 3 is 2.39 bits per heavy atom. The second-order valence-electron chi connectivity index (χ2n) is 5.85. The molecule has 18 heavy (non-hydrogen) atoms. The highest BCUT2D eigenvalue weighted by Gasteiger charge is 2.18. The van der Waals surface area contributed by atoms with Crippen LogP contribution in [0.25, 0.3) is 0 Å². The van der Waals surface area contributed by atoms with E-state index in [4.69, 9.17) is 0 Å². The fraction of sp³-hybridized carbons (Fsp3) is 0.533. The number of hydrogen-bond acceptors (Lipinski definition) is 2. The molecule has 0 radical (unpaired) electrons. The zero-order valence-corrected chi connectivity index (χ0v) is 11.4. The van der Waals surface area contributed by atoms with Crippen LogP contribution in [-0.4, -0.2) is 23.7 Å². The normalized spacial score (nSPS) is 13.3. The highest BCUT2D eigenvalue weighted by molar-refractivity contribution is 5.73. The molecule has 1 atom stereocenters. The lowest BCUT2D eigenvalue weighted by Crippen LogP contribution is -2.39. The summed E-state index contributed by atoms with van der Waals surface area (Å²) in [5.74, 6) is -0.784. The van der Waals surface area contributed by atoms with Gasteiger partial charge in [0.05, 0.1) is 0 Å². The van der Waals surface area contributed by atoms with Crippen LogP contribution in [0.15, 0.2) is 30.3 Å². The van der Waals surface area contributed by atoms with Crippen LogP contribution in [0.4, 0.5) is 0 Å². The molecule has 0 bridgehead atoms. The predicted octanol–water partition coefficient (Wildman–Crippen LogP) is 2.71. The van der Waals surface area contributed by atoms with E-state index in [9.17, 15) is 9.90 Å². The van der Waals surface area contributed by atoms with Crippen LogP contribution in [0, 0.1) is 5.41 Å². The molecule has 2 N–H and O–H groups in total. The molecular formula is C15H23NO2. The van der Waals surface area contributed by atoms with Gasteiger partial charge in [-0.25, -0.2) is 0 Å². The van der Waals surface area contributed by atoms with Gasteiger partial charge in [-0.3, -0.25) is 4.79 Å². The van der Waals surface area contributed by atoms with Crippen molar-refractivity contribution in [1.29, 1.82) is 0 Å². The van der Waals surface area contributed by atoms with E-state index in [0.29, 0.717) is 6.42 Å². The molecule has 0 amide bonds. The molecule has 0 saturated heterocycles. The quantitative estimate of drug-likeness (QED) is 0.815. The molecule has 0 fully saturated rings. The number of nitrogens with one attached hydrogen (secondary N) is 1. The van der Waals surface area contributed by atoms with Gasteiger partial charge in [0.25, 0.3) is 0 Å². The summed E-state index contributed by atoms with van der Waals surface area (Å²) in [6, 6.07) is 9.22. The van der Waals surface area contributed by atoms with Crippen molar-refractivity contribution in [3.05, 3.63) is 35.9 Å². The van der Waals surface area contributed by atoms with Crippen LogP contribution in [0.2, 0.25) is 0 Å². The van der Waals surface area contributed by atoms with E-state index in [0.717, 1.165) is 18.5 Å². The molecule has 1 aromatic rings. The number of benzene rings is 1. The van der Waals surface area contributed by atoms with Gasteiger partial charge in [0.2, 0.25) is 0 Å². The van der Waals surface area contributed by atoms with Crippen molar-refractivity contribution in [2.75, 3.05) is 6.54 Å². The molecule has 0 aromatic heterocycles. The molecule has 1 rings (SSSR count). The fourth-order valence-electron chi connectivity index (χ4n) is 1.72. The number of carboxylic acids is 1. The van der Waals surface area contributed by atoms with Crippen LogP contribution >= 0.6 is 0 Å². The monoisotopic (exact) mass is 249 g/mol. The fourth-order valence-corrected chi connectivity index (χ4v) is 1.72. The second-order valence-corrected chi connectivity index (χ2v) is 5.85. The van der Waals surface area contributed by atoms with Gasteiger partial charge in [0.15, 0.2) is 0 Å². The van der Waals surface area contributed by atoms with Crippen LogP contribution in [0.1, 0.15) is 32.8 Å². The van der Waals surface area contributed by atoms with Crippen molar-refractivity contribution in [2.45, 2.75) is 39.7 Å². The maximum Gasteiger partial charge on any atom is 0.321 e. The zero-order valence-electron chi connectivity index (χ0n) is 11.4. The standard InChI is InChI=1S/C15H23NO2/c1-15(2,3)9-10-16-13(14(17)18)11-12-7-5-4-6-8-12/h4-8,13,16H,9-11H2,1-3H3,(H,17,18)/t13-/m0/s1. The summed E-state index contributed by atoms with van der Waals surface area (Å²) in [4.78, 5) is 11.2. The summed E-state index contributed by atoms with van der Waals surface area (Å²) in [5.41, 5.74) is 1.27. The third-order valence-corrected chi connectivity index (χ3v) is 2.85. The van der Waals surface area contributed by atoms with E-state index in [1.807, 2.05) is 30.3 Å². The lowest BCUT2D eigenvalue weighted by Gasteiger charge is -2.20. The first-order valence-electron chi connectivity index (χ1n) is 6.38. The zero-order chi connectivity index (χ0) is 13.6. The largest absolute Gasteiger partial charge is 0.480 e. The minimum atomic E-state index is -0.784. The molecular weight excluding hydrogens is 226 g/mol. The van der Waals surface area contributed by atoms with Gasteiger partial charge >= 0.3 is 5.97 Å². The smallest absolute Gasteiger partial charge is 0.321 e. The molecule has 0 heterocycles. The van der Waals surface area contributed by atoms with Crippen molar-refractivity contribution in [1.82, 2.24) is 5.32 Å². The topological polar surface area (TPSA) is 49.3 Å². The third kappa shape index (κ3) is 5.82. The first kappa shape index (κ1) is 14.7. The Kier molecular flexibility index (Phi) is 5.35. The maximum absolute atomic E-state index is 11.2. The second kappa shape index (κ2) is 6.55. The molecule has 0 saturated carbocycles. The van der Waals surface area contributed by atoms with Gasteiger partial charge in [-0.2, -0.15) is 0 Å². The molecule has 0 unspecified atom stereocenters. The van der Waals surface area contributed by atoms with Crippen molar-refractivity contribution < 1.29 is 9.90 Å². The molecule has 0 aliphatic heterocycles. The Bertz CT molecular complexity index is 368. The molecule has 3 nitrogen and oxygen atoms in total. The Morgan fingerprint density at radius 2 is 1.89 bits per heavy atom. The Balaban J connectivity index is 2.49. The first-order chi connectivity index (χ1) is 8.38. The Labute approximate surface area is 109 Å². The molecule has 0 aliphatic rings. The van der Waals surface area contributed by atoms with Gasteiger partial charge < -0.3 is 10.4 Å². The summed E-state index contributed by atoms with van der Waals surface area (Å²) in [5, 5.41) is 12.3. The molecule has 0 aliphatic carbocycles. The van der Waals surface area contributed by atoms with Gasteiger partial charge in [-0.05, 0) is 30.4 Å². The average molecular weight is 249 g/mol. The van der Waals surface area contributed by atoms with Gasteiger partial charge in [-0.15, -0.1) is 0 Å². The SMILES string of the molecule is CC(C)(C)CCN[C@@H](Cc1ccccc1)C(=O)O. The van der Waals surface area contributed by atoms with Crippen LogP contribution in [-0.2, 0) is 11.2 Å². The Hall–Kier alpha value is -1.35. The minimum Gasteiger partial charge on any atom is -0.480 e. The molecule has 100 valence electrons. The van der Waals surface area contributed by atoms with Gasteiger partial charge in [0.1, 0.15) is 6.04 Å². The summed E-state index contributed by atoms with van der Waals surface area (Å²) in [6.07, 6.45) is 1.49. The van der Waals surface area contributed by atoms with Crippen molar-refractivity contribution in [3.63, 3.8) is 0 Å². The molecule has 3 heteroatoms. The van der Waals surface area contributed by atoms with E-state index >= 15 is 0 Å². The first-order valence-corrected chi connectivity index (χ1v) is 6.38. The van der Waals surface area contributed by atoms with Crippen molar-refractivity contribution in [2.24, 2.45) is 5.41 Å². The highest BCUT2D eigenvalue weighted by Crippen LogP contribution is 2.17. The summed E-state index contributed by atoms with van der Waals surface area (Å²) in [6.45, 7) is 7.19. The number of aliphatic carboxylic acids is 1. The lowest BCUT2D eigenvalue weighted by atomic mass is 9.92. The number of carboxylic acid groups (broad SMARTS) is 1. The van der Waals surface area contributed by atoms with E-state index < -0.39 is 12.0 Å². The van der Waals surface area contributed by atoms with Crippen LogP contribution in [0.5, 0.6) is 0 Å². The van der Waals surface area contributed by atoms with Crippen molar-refractivity contribution in [3.8, 4) is 0 Å². The lowest BCUT2D eigenvalue weighted by molar-refractivity contribution is -0.139. The summed E-state index contributed by atoms with van der Waals surface area (Å²) < 4.78 is 0. The highest BCUT2D eigenvalue weighted by atomic mass is 16.4. The number of hydrogen-bond donors (Lipinski definition) is 2. The van der Waals surface area contributed by atoms with Gasteiger partial charge in [-0.1, -0.05) is 51.1 Å². The van der Waals surface area contributed by atoms with Gasteiger partial charge in [0, 0.05) is 0 Å². The van der Waals surface area contributed by atoms with Crippen LogP contribution in [0.3, 0.4) is 0 Å². The molecule has 1 aromatic carbocycles. The van der Waals surface area contributed by atoms with Crippen molar-refractivity contribution >= 4 is 5.97 Å². The molecule has 0 spiro atoms.